The van der Waals surface area contributed by atoms with Crippen molar-refractivity contribution in [3.05, 3.63) is 29.8 Å². The predicted molar refractivity (Wildman–Crippen MR) is 86.0 cm³/mol. The van der Waals surface area contributed by atoms with Crippen molar-refractivity contribution in [1.29, 1.82) is 0 Å². The summed E-state index contributed by atoms with van der Waals surface area (Å²) in [4.78, 5) is 28.3. The third-order valence-electron chi connectivity index (χ3n) is 4.61. The molecule has 2 amide bonds. The molecule has 2 fully saturated rings. The monoisotopic (exact) mass is 317 g/mol. The quantitative estimate of drug-likeness (QED) is 0.844. The fourth-order valence-electron chi connectivity index (χ4n) is 3.34. The highest BCUT2D eigenvalue weighted by Gasteiger charge is 2.31. The molecule has 2 aliphatic heterocycles. The Balaban J connectivity index is 1.60. The molecule has 2 heterocycles. The van der Waals surface area contributed by atoms with E-state index in [1.54, 1.807) is 24.3 Å². The number of rotatable bonds is 3. The van der Waals surface area contributed by atoms with E-state index in [1.807, 2.05) is 9.80 Å². The maximum atomic E-state index is 12.5. The van der Waals surface area contributed by atoms with E-state index in [1.165, 1.54) is 0 Å². The maximum Gasteiger partial charge on any atom is 0.236 e. The number of carbonyl (C=O) groups is 2. The lowest BCUT2D eigenvalue weighted by Crippen LogP contribution is -2.57. The summed E-state index contributed by atoms with van der Waals surface area (Å²) in [5.41, 5.74) is 0.896. The van der Waals surface area contributed by atoms with E-state index in [-0.39, 0.29) is 23.6 Å². The van der Waals surface area contributed by atoms with Gasteiger partial charge in [0.05, 0.1) is 13.0 Å². The summed E-state index contributed by atoms with van der Waals surface area (Å²) in [5, 5.41) is 12.4. The molecule has 1 atom stereocenters. The molecule has 1 aromatic rings. The second-order valence-corrected chi connectivity index (χ2v) is 6.24. The topological polar surface area (TPSA) is 72.9 Å². The lowest BCUT2D eigenvalue weighted by molar-refractivity contribution is -0.140. The van der Waals surface area contributed by atoms with Crippen LogP contribution in [0.15, 0.2) is 24.3 Å². The number of piperazine rings is 1. The van der Waals surface area contributed by atoms with E-state index in [4.69, 9.17) is 0 Å². The van der Waals surface area contributed by atoms with Gasteiger partial charge in [-0.05, 0) is 30.5 Å². The minimum absolute atomic E-state index is 0.0861. The van der Waals surface area contributed by atoms with Crippen LogP contribution >= 0.6 is 0 Å². The van der Waals surface area contributed by atoms with Gasteiger partial charge in [0.2, 0.25) is 11.8 Å². The Hall–Kier alpha value is -2.08. The van der Waals surface area contributed by atoms with E-state index in [0.717, 1.165) is 38.0 Å². The first-order valence-electron chi connectivity index (χ1n) is 8.19. The molecule has 0 aliphatic carbocycles. The van der Waals surface area contributed by atoms with E-state index in [2.05, 4.69) is 5.32 Å². The first-order chi connectivity index (χ1) is 11.1. The molecular formula is C17H23N3O3. The van der Waals surface area contributed by atoms with Gasteiger partial charge in [-0.1, -0.05) is 12.1 Å². The van der Waals surface area contributed by atoms with Crippen LogP contribution in [0.2, 0.25) is 0 Å². The van der Waals surface area contributed by atoms with E-state index < -0.39 is 0 Å². The Kier molecular flexibility index (Phi) is 4.81. The number of hydrogen-bond donors (Lipinski definition) is 2. The van der Waals surface area contributed by atoms with Gasteiger partial charge in [-0.2, -0.15) is 0 Å². The smallest absolute Gasteiger partial charge is 0.236 e. The highest BCUT2D eigenvalue weighted by molar-refractivity contribution is 5.80. The second-order valence-electron chi connectivity index (χ2n) is 6.24. The van der Waals surface area contributed by atoms with Gasteiger partial charge in [0.1, 0.15) is 5.75 Å². The standard InChI is InChI=1S/C17H23N3O3/c21-15-5-3-13(4-6-15)10-16(22)19-8-1-2-14(12-19)20-9-7-18-11-17(20)23/h3-6,14,18,21H,1-2,7-12H2/t14-/m1/s1. The largest absolute Gasteiger partial charge is 0.508 e. The molecule has 6 heteroatoms. The van der Waals surface area contributed by atoms with Gasteiger partial charge in [0.15, 0.2) is 0 Å². The Bertz CT molecular complexity index is 573. The van der Waals surface area contributed by atoms with Crippen molar-refractivity contribution in [1.82, 2.24) is 15.1 Å². The summed E-state index contributed by atoms with van der Waals surface area (Å²) in [7, 11) is 0. The molecule has 3 rings (SSSR count). The molecule has 2 N–H and O–H groups in total. The number of benzene rings is 1. The van der Waals surface area contributed by atoms with Gasteiger partial charge in [0, 0.05) is 32.2 Å². The van der Waals surface area contributed by atoms with Gasteiger partial charge in [-0.15, -0.1) is 0 Å². The van der Waals surface area contributed by atoms with Crippen molar-refractivity contribution in [2.45, 2.75) is 25.3 Å². The minimum Gasteiger partial charge on any atom is -0.508 e. The van der Waals surface area contributed by atoms with Crippen molar-refractivity contribution in [2.24, 2.45) is 0 Å². The summed E-state index contributed by atoms with van der Waals surface area (Å²) in [6, 6.07) is 6.88. The molecule has 124 valence electrons. The van der Waals surface area contributed by atoms with Gasteiger partial charge in [-0.3, -0.25) is 9.59 Å². The Morgan fingerprint density at radius 2 is 2.04 bits per heavy atom. The lowest BCUT2D eigenvalue weighted by Gasteiger charge is -2.41. The zero-order chi connectivity index (χ0) is 16.2. The van der Waals surface area contributed by atoms with Crippen molar-refractivity contribution < 1.29 is 14.7 Å². The van der Waals surface area contributed by atoms with Crippen molar-refractivity contribution >= 4 is 11.8 Å². The number of nitrogens with zero attached hydrogens (tertiary/aromatic N) is 2. The summed E-state index contributed by atoms with van der Waals surface area (Å²) < 4.78 is 0. The van der Waals surface area contributed by atoms with Crippen LogP contribution in [0, 0.1) is 0 Å². The van der Waals surface area contributed by atoms with Crippen molar-refractivity contribution in [2.75, 3.05) is 32.7 Å². The molecule has 0 saturated carbocycles. The molecule has 2 aliphatic rings. The van der Waals surface area contributed by atoms with Crippen molar-refractivity contribution in [3.63, 3.8) is 0 Å². The second kappa shape index (κ2) is 7.00. The predicted octanol–water partition coefficient (Wildman–Crippen LogP) is 0.358. The van der Waals surface area contributed by atoms with Gasteiger partial charge >= 0.3 is 0 Å². The van der Waals surface area contributed by atoms with Crippen LogP contribution in [-0.2, 0) is 16.0 Å². The van der Waals surface area contributed by atoms with E-state index in [9.17, 15) is 14.7 Å². The summed E-state index contributed by atoms with van der Waals surface area (Å²) in [5.74, 6) is 0.425. The zero-order valence-corrected chi connectivity index (χ0v) is 13.2. The number of hydrogen-bond acceptors (Lipinski definition) is 4. The summed E-state index contributed by atoms with van der Waals surface area (Å²) in [6.07, 6.45) is 2.24. The third-order valence-corrected chi connectivity index (χ3v) is 4.61. The zero-order valence-electron chi connectivity index (χ0n) is 13.2. The number of piperidine rings is 1. The minimum atomic E-state index is 0.0861. The Labute approximate surface area is 136 Å². The number of aromatic hydroxyl groups is 1. The number of phenolic OH excluding ortho intramolecular Hbond substituents is 1. The SMILES string of the molecule is O=C(Cc1ccc(O)cc1)N1CCC[C@@H](N2CCNCC2=O)C1. The first kappa shape index (κ1) is 15.8. The number of phenols is 1. The molecule has 6 nitrogen and oxygen atoms in total. The van der Waals surface area contributed by atoms with Gasteiger partial charge in [0.25, 0.3) is 0 Å². The summed E-state index contributed by atoms with van der Waals surface area (Å²) in [6.45, 7) is 3.33. The molecule has 0 aromatic heterocycles. The van der Waals surface area contributed by atoms with Crippen LogP contribution in [0.4, 0.5) is 0 Å². The van der Waals surface area contributed by atoms with Gasteiger partial charge in [-0.25, -0.2) is 0 Å². The normalized spacial score (nSPS) is 22.3. The fraction of sp³-hybridized carbons (Fsp3) is 0.529. The van der Waals surface area contributed by atoms with Crippen LogP contribution in [-0.4, -0.2) is 65.5 Å². The Morgan fingerprint density at radius 1 is 1.26 bits per heavy atom. The average molecular weight is 317 g/mol. The number of amides is 2. The van der Waals surface area contributed by atoms with Crippen LogP contribution in [0.5, 0.6) is 5.75 Å². The van der Waals surface area contributed by atoms with Crippen LogP contribution in [0.25, 0.3) is 0 Å². The van der Waals surface area contributed by atoms with E-state index >= 15 is 0 Å². The number of carbonyl (C=O) groups excluding carboxylic acids is 2. The van der Waals surface area contributed by atoms with Gasteiger partial charge < -0.3 is 20.2 Å². The highest BCUT2D eigenvalue weighted by atomic mass is 16.3. The molecule has 0 unspecified atom stereocenters. The number of nitrogens with one attached hydrogen (secondary N) is 1. The van der Waals surface area contributed by atoms with Crippen LogP contribution in [0.3, 0.4) is 0 Å². The molecule has 0 spiro atoms. The molecular weight excluding hydrogens is 294 g/mol. The average Bonchev–Trinajstić information content (AvgIpc) is 2.57. The maximum absolute atomic E-state index is 12.5. The molecule has 2 saturated heterocycles. The highest BCUT2D eigenvalue weighted by Crippen LogP contribution is 2.18. The first-order valence-corrected chi connectivity index (χ1v) is 8.19. The fourth-order valence-corrected chi connectivity index (χ4v) is 3.34. The lowest BCUT2D eigenvalue weighted by atomic mass is 10.0. The van der Waals surface area contributed by atoms with E-state index in [0.29, 0.717) is 19.5 Å². The molecule has 23 heavy (non-hydrogen) atoms. The van der Waals surface area contributed by atoms with Crippen LogP contribution in [0.1, 0.15) is 18.4 Å². The summed E-state index contributed by atoms with van der Waals surface area (Å²) >= 11 is 0. The number of likely N-dealkylation sites (tertiary alicyclic amines) is 1. The molecule has 1 aromatic carbocycles. The van der Waals surface area contributed by atoms with Crippen molar-refractivity contribution in [3.8, 4) is 5.75 Å². The third kappa shape index (κ3) is 3.82. The molecule has 0 bridgehead atoms. The Morgan fingerprint density at radius 3 is 2.78 bits per heavy atom. The molecule has 0 radical (unpaired) electrons. The van der Waals surface area contributed by atoms with Crippen LogP contribution < -0.4 is 5.32 Å².